The Morgan fingerprint density at radius 1 is 1.50 bits per heavy atom. The molecule has 0 aromatic heterocycles. The third-order valence-electron chi connectivity index (χ3n) is 3.15. The first-order valence-corrected chi connectivity index (χ1v) is 6.32. The van der Waals surface area contributed by atoms with Crippen LogP contribution < -0.4 is 11.1 Å². The molecule has 18 heavy (non-hydrogen) atoms. The van der Waals surface area contributed by atoms with Crippen LogP contribution in [-0.4, -0.2) is 11.4 Å². The van der Waals surface area contributed by atoms with E-state index >= 15 is 0 Å². The molecule has 100 valence electrons. The first-order chi connectivity index (χ1) is 8.01. The summed E-state index contributed by atoms with van der Waals surface area (Å²) in [6.45, 7) is 0.288. The molecule has 0 aliphatic heterocycles. The van der Waals surface area contributed by atoms with E-state index in [4.69, 9.17) is 5.73 Å². The van der Waals surface area contributed by atoms with Gasteiger partial charge in [-0.15, -0.1) is 12.4 Å². The number of hydrogen-bond donors (Lipinski definition) is 2. The highest BCUT2D eigenvalue weighted by molar-refractivity contribution is 9.10. The third-order valence-corrected chi connectivity index (χ3v) is 3.92. The van der Waals surface area contributed by atoms with Gasteiger partial charge in [-0.25, -0.2) is 4.39 Å². The van der Waals surface area contributed by atoms with Crippen LogP contribution in [0.1, 0.15) is 24.8 Å². The van der Waals surface area contributed by atoms with E-state index in [2.05, 4.69) is 21.2 Å². The van der Waals surface area contributed by atoms with Gasteiger partial charge in [-0.3, -0.25) is 4.79 Å². The Bertz CT molecular complexity index is 452. The molecule has 0 spiro atoms. The number of benzene rings is 1. The Kier molecular flexibility index (Phi) is 5.13. The van der Waals surface area contributed by atoms with Crippen molar-refractivity contribution < 1.29 is 9.18 Å². The van der Waals surface area contributed by atoms with E-state index in [1.165, 1.54) is 12.1 Å². The van der Waals surface area contributed by atoms with Crippen molar-refractivity contribution in [2.45, 2.75) is 31.3 Å². The maximum absolute atomic E-state index is 13.0. The van der Waals surface area contributed by atoms with Gasteiger partial charge in [0.05, 0.1) is 5.54 Å². The zero-order valence-corrected chi connectivity index (χ0v) is 12.1. The van der Waals surface area contributed by atoms with Crippen LogP contribution in [0.15, 0.2) is 22.7 Å². The highest BCUT2D eigenvalue weighted by Gasteiger charge is 2.39. The summed E-state index contributed by atoms with van der Waals surface area (Å²) in [4.78, 5) is 11.8. The van der Waals surface area contributed by atoms with E-state index < -0.39 is 5.54 Å². The summed E-state index contributed by atoms with van der Waals surface area (Å²) < 4.78 is 13.8. The predicted molar refractivity (Wildman–Crippen MR) is 74.0 cm³/mol. The SMILES string of the molecule is Cl.NC1(C(=O)NCc2cc(F)ccc2Br)CCC1. The minimum atomic E-state index is -0.709. The van der Waals surface area contributed by atoms with Gasteiger partial charge in [0.25, 0.3) is 0 Å². The predicted octanol–water partition coefficient (Wildman–Crippen LogP) is 2.51. The Labute approximate surface area is 120 Å². The zero-order chi connectivity index (χ0) is 12.5. The van der Waals surface area contributed by atoms with Crippen LogP contribution in [0.3, 0.4) is 0 Å². The van der Waals surface area contributed by atoms with Crippen molar-refractivity contribution in [3.05, 3.63) is 34.1 Å². The lowest BCUT2D eigenvalue weighted by molar-refractivity contribution is -0.129. The van der Waals surface area contributed by atoms with Crippen LogP contribution in [0.4, 0.5) is 4.39 Å². The van der Waals surface area contributed by atoms with Crippen molar-refractivity contribution in [1.82, 2.24) is 5.32 Å². The molecule has 1 aliphatic rings. The maximum Gasteiger partial charge on any atom is 0.240 e. The molecule has 3 N–H and O–H groups in total. The molecular formula is C12H15BrClFN2O. The largest absolute Gasteiger partial charge is 0.350 e. The number of carbonyl (C=O) groups excluding carboxylic acids is 1. The second-order valence-corrected chi connectivity index (χ2v) is 5.28. The average Bonchev–Trinajstić information content (AvgIpc) is 2.26. The minimum Gasteiger partial charge on any atom is -0.350 e. The summed E-state index contributed by atoms with van der Waals surface area (Å²) in [5.41, 5.74) is 5.88. The number of halogens is 3. The topological polar surface area (TPSA) is 55.1 Å². The zero-order valence-electron chi connectivity index (χ0n) is 9.71. The summed E-state index contributed by atoms with van der Waals surface area (Å²) in [5, 5.41) is 2.75. The third kappa shape index (κ3) is 3.22. The number of nitrogens with two attached hydrogens (primary N) is 1. The van der Waals surface area contributed by atoms with E-state index in [0.717, 1.165) is 23.7 Å². The molecule has 0 bridgehead atoms. The van der Waals surface area contributed by atoms with Gasteiger partial charge in [0.15, 0.2) is 0 Å². The molecule has 1 saturated carbocycles. The van der Waals surface area contributed by atoms with Crippen molar-refractivity contribution >= 4 is 34.2 Å². The van der Waals surface area contributed by atoms with Crippen LogP contribution in [0.5, 0.6) is 0 Å². The van der Waals surface area contributed by atoms with Crippen LogP contribution in [0.2, 0.25) is 0 Å². The summed E-state index contributed by atoms with van der Waals surface area (Å²) >= 11 is 3.31. The highest BCUT2D eigenvalue weighted by atomic mass is 79.9. The highest BCUT2D eigenvalue weighted by Crippen LogP contribution is 2.29. The molecule has 1 amide bonds. The van der Waals surface area contributed by atoms with Crippen molar-refractivity contribution in [3.63, 3.8) is 0 Å². The van der Waals surface area contributed by atoms with E-state index in [1.807, 2.05) is 0 Å². The number of nitrogens with one attached hydrogen (secondary N) is 1. The molecule has 0 saturated heterocycles. The molecule has 2 rings (SSSR count). The number of rotatable bonds is 3. The lowest BCUT2D eigenvalue weighted by Gasteiger charge is -2.36. The van der Waals surface area contributed by atoms with E-state index in [-0.39, 0.29) is 30.7 Å². The van der Waals surface area contributed by atoms with Gasteiger partial charge >= 0.3 is 0 Å². The van der Waals surface area contributed by atoms with Crippen LogP contribution >= 0.6 is 28.3 Å². The van der Waals surface area contributed by atoms with Gasteiger partial charge in [0, 0.05) is 11.0 Å². The fourth-order valence-corrected chi connectivity index (χ4v) is 2.20. The quantitative estimate of drug-likeness (QED) is 0.890. The molecule has 1 aromatic rings. The fourth-order valence-electron chi connectivity index (χ4n) is 1.82. The molecule has 1 aromatic carbocycles. The first kappa shape index (κ1) is 15.4. The van der Waals surface area contributed by atoms with Crippen molar-refractivity contribution in [2.75, 3.05) is 0 Å². The molecule has 0 heterocycles. The average molecular weight is 338 g/mol. The maximum atomic E-state index is 13.0. The van der Waals surface area contributed by atoms with Gasteiger partial charge in [-0.05, 0) is 43.0 Å². The summed E-state index contributed by atoms with van der Waals surface area (Å²) in [5.74, 6) is -0.469. The van der Waals surface area contributed by atoms with Gasteiger partial charge in [-0.2, -0.15) is 0 Å². The Morgan fingerprint density at radius 3 is 2.72 bits per heavy atom. The normalized spacial score (nSPS) is 16.4. The van der Waals surface area contributed by atoms with Crippen molar-refractivity contribution in [2.24, 2.45) is 5.73 Å². The Hall–Kier alpha value is -0.650. The second kappa shape index (κ2) is 5.99. The standard InChI is InChI=1S/C12H14BrFN2O.ClH/c13-10-3-2-9(14)6-8(10)7-16-11(17)12(15)4-1-5-12;/h2-3,6H,1,4-5,7,15H2,(H,16,17);1H. The Morgan fingerprint density at radius 2 is 2.17 bits per heavy atom. The summed E-state index contributed by atoms with van der Waals surface area (Å²) in [6, 6.07) is 4.39. The smallest absolute Gasteiger partial charge is 0.240 e. The molecule has 3 nitrogen and oxygen atoms in total. The lowest BCUT2D eigenvalue weighted by Crippen LogP contribution is -2.58. The van der Waals surface area contributed by atoms with Gasteiger partial charge in [0.2, 0.25) is 5.91 Å². The van der Waals surface area contributed by atoms with Gasteiger partial charge in [0.1, 0.15) is 5.82 Å². The lowest BCUT2D eigenvalue weighted by atomic mass is 9.77. The molecule has 1 aliphatic carbocycles. The van der Waals surface area contributed by atoms with Crippen LogP contribution in [0, 0.1) is 5.82 Å². The van der Waals surface area contributed by atoms with Crippen molar-refractivity contribution in [1.29, 1.82) is 0 Å². The number of amides is 1. The fraction of sp³-hybridized carbons (Fsp3) is 0.417. The molecule has 6 heteroatoms. The molecule has 0 radical (unpaired) electrons. The number of carbonyl (C=O) groups is 1. The van der Waals surface area contributed by atoms with Gasteiger partial charge in [-0.1, -0.05) is 15.9 Å². The summed E-state index contributed by atoms with van der Waals surface area (Å²) in [6.07, 6.45) is 2.44. The van der Waals surface area contributed by atoms with Crippen molar-refractivity contribution in [3.8, 4) is 0 Å². The molecule has 0 unspecified atom stereocenters. The van der Waals surface area contributed by atoms with Crippen LogP contribution in [0.25, 0.3) is 0 Å². The van der Waals surface area contributed by atoms with E-state index in [0.29, 0.717) is 5.56 Å². The van der Waals surface area contributed by atoms with Crippen LogP contribution in [-0.2, 0) is 11.3 Å². The van der Waals surface area contributed by atoms with Gasteiger partial charge < -0.3 is 11.1 Å². The number of hydrogen-bond acceptors (Lipinski definition) is 2. The van der Waals surface area contributed by atoms with E-state index in [9.17, 15) is 9.18 Å². The Balaban J connectivity index is 0.00000162. The molecular weight excluding hydrogens is 323 g/mol. The minimum absolute atomic E-state index is 0. The van der Waals surface area contributed by atoms with E-state index in [1.54, 1.807) is 6.07 Å². The second-order valence-electron chi connectivity index (χ2n) is 4.43. The first-order valence-electron chi connectivity index (χ1n) is 5.52. The molecule has 0 atom stereocenters. The monoisotopic (exact) mass is 336 g/mol. The molecule has 1 fully saturated rings. The summed E-state index contributed by atoms with van der Waals surface area (Å²) in [7, 11) is 0.